The van der Waals surface area contributed by atoms with Crippen molar-refractivity contribution < 1.29 is 48.3 Å². The van der Waals surface area contributed by atoms with E-state index in [0.717, 1.165) is 0 Å². The zero-order valence-corrected chi connectivity index (χ0v) is 9.60. The van der Waals surface area contributed by atoms with Crippen molar-refractivity contribution in [2.24, 2.45) is 0 Å². The molecule has 0 saturated carbocycles. The summed E-state index contributed by atoms with van der Waals surface area (Å²) in [6.07, 6.45) is -13.4. The zero-order chi connectivity index (χ0) is 16.7. The molecule has 0 aliphatic heterocycles. The lowest BCUT2D eigenvalue weighted by Gasteiger charge is -2.31. The van der Waals surface area contributed by atoms with Crippen molar-refractivity contribution in [1.82, 2.24) is 4.90 Å². The van der Waals surface area contributed by atoms with Crippen molar-refractivity contribution >= 4 is 0 Å². The van der Waals surface area contributed by atoms with Gasteiger partial charge in [0.2, 0.25) is 5.95 Å². The Balaban J connectivity index is 6.31. The maximum Gasteiger partial charge on any atom is 0.460 e. The highest BCUT2D eigenvalue weighted by Crippen LogP contribution is 2.54. The van der Waals surface area contributed by atoms with Gasteiger partial charge in [0.15, 0.2) is 5.57 Å². The van der Waals surface area contributed by atoms with Crippen LogP contribution in [0.25, 0.3) is 0 Å². The van der Waals surface area contributed by atoms with E-state index in [2.05, 4.69) is 0 Å². The van der Waals surface area contributed by atoms with E-state index in [1.165, 1.54) is 0 Å². The molecule has 0 unspecified atom stereocenters. The maximum atomic E-state index is 13.0. The second kappa shape index (κ2) is 4.95. The molecular weight excluding hydrogens is 319 g/mol. The Morgan fingerprint density at radius 1 is 0.750 bits per heavy atom. The van der Waals surface area contributed by atoms with Gasteiger partial charge in [0.05, 0.1) is 0 Å². The Morgan fingerprint density at radius 2 is 1.10 bits per heavy atom. The highest BCUT2D eigenvalue weighted by atomic mass is 19.4. The van der Waals surface area contributed by atoms with Gasteiger partial charge >= 0.3 is 24.2 Å². The summed E-state index contributed by atoms with van der Waals surface area (Å²) in [6.45, 7) is 0. The van der Waals surface area contributed by atoms with Gasteiger partial charge in [0.1, 0.15) is 0 Å². The predicted octanol–water partition coefficient (Wildman–Crippen LogP) is 4.12. The van der Waals surface area contributed by atoms with Crippen LogP contribution in [-0.2, 0) is 0 Å². The van der Waals surface area contributed by atoms with E-state index in [9.17, 15) is 48.3 Å². The quantitative estimate of drug-likeness (QED) is 0.557. The van der Waals surface area contributed by atoms with Gasteiger partial charge in [0, 0.05) is 14.1 Å². The second-order valence-corrected chi connectivity index (χ2v) is 3.70. The van der Waals surface area contributed by atoms with E-state index in [-0.39, 0.29) is 4.90 Å². The summed E-state index contributed by atoms with van der Waals surface area (Å²) in [5.41, 5.74) is -3.91. The van der Waals surface area contributed by atoms with Gasteiger partial charge in [-0.15, -0.1) is 0 Å². The first-order valence-corrected chi connectivity index (χ1v) is 4.45. The molecule has 20 heavy (non-hydrogen) atoms. The molecule has 0 bridgehead atoms. The van der Waals surface area contributed by atoms with Crippen LogP contribution in [0, 0.1) is 0 Å². The molecule has 0 heterocycles. The van der Waals surface area contributed by atoms with Gasteiger partial charge in [-0.1, -0.05) is 0 Å². The van der Waals surface area contributed by atoms with Gasteiger partial charge in [0.25, 0.3) is 0 Å². The Bertz CT molecular complexity index is 386. The Labute approximate surface area is 104 Å². The summed E-state index contributed by atoms with van der Waals surface area (Å²) in [4.78, 5) is -0.302. The van der Waals surface area contributed by atoms with Crippen molar-refractivity contribution in [1.29, 1.82) is 0 Å². The number of nitrogens with zero attached hydrogens (tertiary/aromatic N) is 1. The third kappa shape index (κ3) is 3.08. The summed E-state index contributed by atoms with van der Waals surface area (Å²) < 4.78 is 136. The molecule has 0 aromatic rings. The minimum Gasteiger partial charge on any atom is -0.354 e. The Kier molecular flexibility index (Phi) is 4.65. The van der Waals surface area contributed by atoms with Crippen LogP contribution in [0.5, 0.6) is 0 Å². The van der Waals surface area contributed by atoms with Crippen LogP contribution in [0.1, 0.15) is 0 Å². The summed E-state index contributed by atoms with van der Waals surface area (Å²) >= 11 is 0. The number of rotatable bonds is 3. The maximum absolute atomic E-state index is 13.0. The number of allylic oxidation sites excluding steroid dienone is 1. The smallest absolute Gasteiger partial charge is 0.354 e. The average molecular weight is 325 g/mol. The molecule has 0 rings (SSSR count). The molecule has 0 amide bonds. The molecule has 0 aromatic heterocycles. The second-order valence-electron chi connectivity index (χ2n) is 3.70. The van der Waals surface area contributed by atoms with Crippen LogP contribution < -0.4 is 0 Å². The Hall–Kier alpha value is -1.23. The molecule has 0 spiro atoms. The lowest BCUT2D eigenvalue weighted by molar-refractivity contribution is -0.351. The van der Waals surface area contributed by atoms with Crippen molar-refractivity contribution in [3.05, 3.63) is 11.5 Å². The predicted molar refractivity (Wildman–Crippen MR) is 43.8 cm³/mol. The standard InChI is InChI=1S/C8H6F11N/c1-20(2)4(9)3(6(12,13)14)5(10,11)7(15,16)8(17,18)19/h1-2H3. The average Bonchev–Trinajstić information content (AvgIpc) is 2.12. The summed E-state index contributed by atoms with van der Waals surface area (Å²) in [7, 11) is 0.839. The summed E-state index contributed by atoms with van der Waals surface area (Å²) in [6, 6.07) is 0. The first-order chi connectivity index (χ1) is 8.48. The van der Waals surface area contributed by atoms with Gasteiger partial charge < -0.3 is 4.90 Å². The first kappa shape index (κ1) is 18.8. The molecule has 0 aromatic carbocycles. The van der Waals surface area contributed by atoms with E-state index >= 15 is 0 Å². The molecule has 120 valence electrons. The van der Waals surface area contributed by atoms with Crippen molar-refractivity contribution in [2.45, 2.75) is 24.2 Å². The van der Waals surface area contributed by atoms with E-state index in [1.54, 1.807) is 0 Å². The fourth-order valence-electron chi connectivity index (χ4n) is 0.983. The third-order valence-corrected chi connectivity index (χ3v) is 1.95. The zero-order valence-electron chi connectivity index (χ0n) is 9.60. The van der Waals surface area contributed by atoms with Gasteiger partial charge in [-0.3, -0.25) is 0 Å². The lowest BCUT2D eigenvalue weighted by atomic mass is 10.0. The molecule has 1 nitrogen and oxygen atoms in total. The van der Waals surface area contributed by atoms with Gasteiger partial charge in [-0.2, -0.15) is 48.3 Å². The molecule has 0 aliphatic carbocycles. The van der Waals surface area contributed by atoms with Crippen LogP contribution in [0.2, 0.25) is 0 Å². The fourth-order valence-corrected chi connectivity index (χ4v) is 0.983. The molecule has 0 aliphatic rings. The monoisotopic (exact) mass is 325 g/mol. The molecule has 0 atom stereocenters. The number of alkyl halides is 10. The topological polar surface area (TPSA) is 3.24 Å². The highest BCUT2D eigenvalue weighted by molar-refractivity contribution is 5.26. The molecule has 0 saturated heterocycles. The van der Waals surface area contributed by atoms with Crippen LogP contribution in [-0.4, -0.2) is 43.2 Å². The Morgan fingerprint density at radius 3 is 1.30 bits per heavy atom. The normalized spacial score (nSPS) is 16.1. The van der Waals surface area contributed by atoms with E-state index < -0.39 is 35.7 Å². The molecule has 0 radical (unpaired) electrons. The minimum atomic E-state index is -7.10. The molecular formula is C8H6F11N. The number of hydrogen-bond acceptors (Lipinski definition) is 1. The van der Waals surface area contributed by atoms with E-state index in [1.807, 2.05) is 0 Å². The fraction of sp³-hybridized carbons (Fsp3) is 0.750. The van der Waals surface area contributed by atoms with Crippen LogP contribution in [0.3, 0.4) is 0 Å². The molecule has 0 fully saturated rings. The lowest BCUT2D eigenvalue weighted by Crippen LogP contribution is -2.55. The number of halogens is 11. The van der Waals surface area contributed by atoms with Crippen LogP contribution in [0.15, 0.2) is 11.5 Å². The minimum absolute atomic E-state index is 0.302. The van der Waals surface area contributed by atoms with E-state index in [0.29, 0.717) is 14.1 Å². The summed E-state index contributed by atoms with van der Waals surface area (Å²) in [5, 5.41) is 0. The molecule has 12 heteroatoms. The van der Waals surface area contributed by atoms with Crippen molar-refractivity contribution in [3.8, 4) is 0 Å². The molecule has 0 N–H and O–H groups in total. The van der Waals surface area contributed by atoms with Crippen molar-refractivity contribution in [3.63, 3.8) is 0 Å². The first-order valence-electron chi connectivity index (χ1n) is 4.45. The third-order valence-electron chi connectivity index (χ3n) is 1.95. The highest BCUT2D eigenvalue weighted by Gasteiger charge is 2.78. The van der Waals surface area contributed by atoms with Gasteiger partial charge in [-0.05, 0) is 0 Å². The van der Waals surface area contributed by atoms with E-state index in [4.69, 9.17) is 0 Å². The largest absolute Gasteiger partial charge is 0.460 e. The van der Waals surface area contributed by atoms with Crippen LogP contribution in [0.4, 0.5) is 48.3 Å². The SMILES string of the molecule is CN(C)C(F)=C(C(F)(F)F)C(F)(F)C(F)(F)C(F)(F)F. The van der Waals surface area contributed by atoms with Crippen molar-refractivity contribution in [2.75, 3.05) is 14.1 Å². The van der Waals surface area contributed by atoms with Gasteiger partial charge in [-0.25, -0.2) is 0 Å². The summed E-state index contributed by atoms with van der Waals surface area (Å²) in [5.74, 6) is -16.9. The van der Waals surface area contributed by atoms with Crippen LogP contribution >= 0.6 is 0 Å². The number of hydrogen-bond donors (Lipinski definition) is 0.